The van der Waals surface area contributed by atoms with Crippen molar-refractivity contribution in [2.24, 2.45) is 0 Å². The van der Waals surface area contributed by atoms with E-state index < -0.39 is 35.6 Å². The second kappa shape index (κ2) is 10.1. The molecule has 1 aliphatic rings. The van der Waals surface area contributed by atoms with Gasteiger partial charge in [-0.1, -0.05) is 37.1 Å². The van der Waals surface area contributed by atoms with Crippen molar-refractivity contribution in [1.29, 1.82) is 0 Å². The van der Waals surface area contributed by atoms with Crippen LogP contribution in [0.25, 0.3) is 0 Å². The number of aliphatic hydroxyl groups excluding tert-OH is 1. The highest BCUT2D eigenvalue weighted by Crippen LogP contribution is 2.31. The Morgan fingerprint density at radius 3 is 2.00 bits per heavy atom. The van der Waals surface area contributed by atoms with Crippen LogP contribution in [0.3, 0.4) is 0 Å². The van der Waals surface area contributed by atoms with Gasteiger partial charge in [0.2, 0.25) is 0 Å². The molecule has 1 fully saturated rings. The van der Waals surface area contributed by atoms with E-state index in [4.69, 9.17) is 4.74 Å². The molecule has 3 aromatic carbocycles. The maximum Gasteiger partial charge on any atom is 0.251 e. The first-order valence-corrected chi connectivity index (χ1v) is 10.9. The van der Waals surface area contributed by atoms with Crippen molar-refractivity contribution in [3.8, 4) is 5.75 Å². The third-order valence-corrected chi connectivity index (χ3v) is 5.83. The Bertz CT molecular complexity index is 1060. The maximum atomic E-state index is 14.9. The van der Waals surface area contributed by atoms with Crippen LogP contribution in [-0.4, -0.2) is 23.2 Å². The fourth-order valence-electron chi connectivity index (χ4n) is 4.00. The summed E-state index contributed by atoms with van der Waals surface area (Å²) in [7, 11) is 0. The van der Waals surface area contributed by atoms with Gasteiger partial charge in [0.05, 0.1) is 12.1 Å². The molecule has 7 heteroatoms. The van der Waals surface area contributed by atoms with Crippen LogP contribution in [0.4, 0.5) is 13.2 Å². The van der Waals surface area contributed by atoms with E-state index in [1.807, 2.05) is 0 Å². The molecule has 33 heavy (non-hydrogen) atoms. The molecule has 3 aromatic rings. The molecule has 0 bridgehead atoms. The largest absolute Gasteiger partial charge is 0.478 e. The first-order chi connectivity index (χ1) is 15.9. The van der Waals surface area contributed by atoms with Crippen LogP contribution in [-0.2, 0) is 0 Å². The number of carbonyl (C=O) groups excluding carboxylic acids is 1. The number of aliphatic hydroxyl groups is 1. The molecule has 2 atom stereocenters. The summed E-state index contributed by atoms with van der Waals surface area (Å²) < 4.78 is 47.6. The monoisotopic (exact) mass is 455 g/mol. The fraction of sp³-hybridized carbons (Fsp3) is 0.269. The van der Waals surface area contributed by atoms with Gasteiger partial charge in [-0.05, 0) is 66.4 Å². The molecule has 1 saturated carbocycles. The van der Waals surface area contributed by atoms with E-state index in [1.54, 1.807) is 0 Å². The fourth-order valence-corrected chi connectivity index (χ4v) is 4.00. The number of hydrogen-bond acceptors (Lipinski definition) is 3. The van der Waals surface area contributed by atoms with Crippen LogP contribution >= 0.6 is 0 Å². The zero-order valence-electron chi connectivity index (χ0n) is 17.8. The summed E-state index contributed by atoms with van der Waals surface area (Å²) in [5.41, 5.74) is 1.21. The van der Waals surface area contributed by atoms with Crippen molar-refractivity contribution < 1.29 is 27.8 Å². The van der Waals surface area contributed by atoms with Crippen LogP contribution in [0.15, 0.2) is 66.7 Å². The van der Waals surface area contributed by atoms with E-state index in [0.29, 0.717) is 24.0 Å². The van der Waals surface area contributed by atoms with Crippen LogP contribution in [0.5, 0.6) is 5.75 Å². The summed E-state index contributed by atoms with van der Waals surface area (Å²) in [6.45, 7) is 0. The van der Waals surface area contributed by atoms with Crippen molar-refractivity contribution in [1.82, 2.24) is 5.32 Å². The Labute approximate surface area is 190 Å². The number of carbonyl (C=O) groups is 1. The first kappa shape index (κ1) is 22.9. The molecule has 0 aromatic heterocycles. The summed E-state index contributed by atoms with van der Waals surface area (Å²) in [5.74, 6) is -2.19. The number of ether oxygens (including phenoxy) is 1. The molecule has 1 aliphatic carbocycles. The zero-order valence-corrected chi connectivity index (χ0v) is 17.8. The molecule has 172 valence electrons. The van der Waals surface area contributed by atoms with Gasteiger partial charge < -0.3 is 15.2 Å². The van der Waals surface area contributed by atoms with Gasteiger partial charge in [0.15, 0.2) is 11.6 Å². The topological polar surface area (TPSA) is 58.6 Å². The van der Waals surface area contributed by atoms with E-state index in [-0.39, 0.29) is 17.4 Å². The molecule has 0 saturated heterocycles. The van der Waals surface area contributed by atoms with Gasteiger partial charge in [-0.25, -0.2) is 13.2 Å². The van der Waals surface area contributed by atoms with Crippen molar-refractivity contribution >= 4 is 5.91 Å². The predicted molar refractivity (Wildman–Crippen MR) is 117 cm³/mol. The normalized spacial score (nSPS) is 18.2. The summed E-state index contributed by atoms with van der Waals surface area (Å²) in [6.07, 6.45) is 1.70. The van der Waals surface area contributed by atoms with E-state index >= 15 is 0 Å². The minimum absolute atomic E-state index is 0.108. The third kappa shape index (κ3) is 5.54. The average Bonchev–Trinajstić information content (AvgIpc) is 2.81. The first-order valence-electron chi connectivity index (χ1n) is 10.9. The number of halogens is 3. The molecule has 0 spiro atoms. The van der Waals surface area contributed by atoms with Crippen molar-refractivity contribution in [2.45, 2.75) is 43.9 Å². The lowest BCUT2D eigenvalue weighted by atomic mass is 9.92. The minimum atomic E-state index is -0.822. The minimum Gasteiger partial charge on any atom is -0.478 e. The standard InChI is InChI=1S/C26H24F3NO3/c27-19-10-5-16(6-11-19)25(17-7-12-20(28)13-8-17)33-24-14-9-18(15-21(24)29)26(32)30-22-3-1-2-4-23(22)31/h5-15,22-23,25,31H,1-4H2,(H,30,32). The summed E-state index contributed by atoms with van der Waals surface area (Å²) in [4.78, 5) is 12.6. The molecule has 0 radical (unpaired) electrons. The second-order valence-corrected chi connectivity index (χ2v) is 8.18. The van der Waals surface area contributed by atoms with E-state index in [9.17, 15) is 23.1 Å². The Morgan fingerprint density at radius 2 is 1.45 bits per heavy atom. The molecule has 2 unspecified atom stereocenters. The second-order valence-electron chi connectivity index (χ2n) is 8.18. The molecule has 1 amide bonds. The van der Waals surface area contributed by atoms with E-state index in [0.717, 1.165) is 18.9 Å². The van der Waals surface area contributed by atoms with Crippen LogP contribution in [0.1, 0.15) is 53.3 Å². The molecule has 0 aliphatic heterocycles. The number of amides is 1. The number of hydrogen-bond donors (Lipinski definition) is 2. The number of benzene rings is 3. The SMILES string of the molecule is O=C(NC1CCCCC1O)c1ccc(OC(c2ccc(F)cc2)c2ccc(F)cc2)c(F)c1. The van der Waals surface area contributed by atoms with Gasteiger partial charge in [-0.2, -0.15) is 0 Å². The Kier molecular flexibility index (Phi) is 6.99. The quantitative estimate of drug-likeness (QED) is 0.530. The van der Waals surface area contributed by atoms with Gasteiger partial charge in [-0.15, -0.1) is 0 Å². The van der Waals surface area contributed by atoms with Crippen molar-refractivity contribution in [2.75, 3.05) is 0 Å². The molecular weight excluding hydrogens is 431 g/mol. The van der Waals surface area contributed by atoms with Crippen LogP contribution in [0.2, 0.25) is 0 Å². The summed E-state index contributed by atoms with van der Waals surface area (Å²) >= 11 is 0. The van der Waals surface area contributed by atoms with Gasteiger partial charge in [0, 0.05) is 5.56 Å². The molecule has 4 rings (SSSR count). The van der Waals surface area contributed by atoms with Gasteiger partial charge in [0.1, 0.15) is 17.7 Å². The zero-order chi connectivity index (χ0) is 23.4. The lowest BCUT2D eigenvalue weighted by molar-refractivity contribution is 0.0717. The van der Waals surface area contributed by atoms with E-state index in [1.165, 1.54) is 60.7 Å². The molecular formula is C26H24F3NO3. The Hall–Kier alpha value is -3.32. The van der Waals surface area contributed by atoms with Crippen LogP contribution in [0, 0.1) is 17.5 Å². The van der Waals surface area contributed by atoms with Crippen molar-refractivity contribution in [3.05, 3.63) is 101 Å². The maximum absolute atomic E-state index is 14.9. The molecule has 4 nitrogen and oxygen atoms in total. The van der Waals surface area contributed by atoms with E-state index in [2.05, 4.69) is 5.32 Å². The van der Waals surface area contributed by atoms with Gasteiger partial charge >= 0.3 is 0 Å². The smallest absolute Gasteiger partial charge is 0.251 e. The highest BCUT2D eigenvalue weighted by molar-refractivity contribution is 5.94. The average molecular weight is 455 g/mol. The Balaban J connectivity index is 1.55. The molecule has 0 heterocycles. The highest BCUT2D eigenvalue weighted by Gasteiger charge is 2.25. The lowest BCUT2D eigenvalue weighted by Gasteiger charge is -2.28. The summed E-state index contributed by atoms with van der Waals surface area (Å²) in [5, 5.41) is 12.8. The predicted octanol–water partition coefficient (Wildman–Crippen LogP) is 5.31. The third-order valence-electron chi connectivity index (χ3n) is 5.83. The lowest BCUT2D eigenvalue weighted by Crippen LogP contribution is -2.45. The van der Waals surface area contributed by atoms with Crippen molar-refractivity contribution in [3.63, 3.8) is 0 Å². The highest BCUT2D eigenvalue weighted by atomic mass is 19.1. The Morgan fingerprint density at radius 1 is 0.879 bits per heavy atom. The van der Waals surface area contributed by atoms with Crippen LogP contribution < -0.4 is 10.1 Å². The summed E-state index contributed by atoms with van der Waals surface area (Å²) in [6, 6.07) is 14.6. The number of nitrogens with one attached hydrogen (secondary N) is 1. The van der Waals surface area contributed by atoms with Gasteiger partial charge in [0.25, 0.3) is 5.91 Å². The van der Waals surface area contributed by atoms with Gasteiger partial charge in [-0.3, -0.25) is 4.79 Å². The molecule has 2 N–H and O–H groups in total. The number of rotatable bonds is 6.